The molecule has 4 atom stereocenters. The number of carbonyl (C=O) groups excluding carboxylic acids is 1. The third kappa shape index (κ3) is 1.82. The molecule has 0 N–H and O–H groups in total. The minimum atomic E-state index is -0.790. The SMILES string of the molecule is COC(=O)C1OC(OC)C2OC(C)(C)OC12. The Morgan fingerprint density at radius 3 is 2.38 bits per heavy atom. The Balaban J connectivity index is 2.17. The summed E-state index contributed by atoms with van der Waals surface area (Å²) in [6.45, 7) is 3.57. The van der Waals surface area contributed by atoms with E-state index in [0.29, 0.717) is 0 Å². The van der Waals surface area contributed by atoms with Crippen LogP contribution in [0.25, 0.3) is 0 Å². The summed E-state index contributed by atoms with van der Waals surface area (Å²) in [5, 5.41) is 0. The van der Waals surface area contributed by atoms with Gasteiger partial charge >= 0.3 is 5.97 Å². The third-order valence-corrected chi connectivity index (χ3v) is 2.68. The van der Waals surface area contributed by atoms with Gasteiger partial charge in [-0.1, -0.05) is 0 Å². The highest BCUT2D eigenvalue weighted by Crippen LogP contribution is 2.39. The summed E-state index contributed by atoms with van der Waals surface area (Å²) in [5.74, 6) is -1.21. The highest BCUT2D eigenvalue weighted by atomic mass is 16.8. The van der Waals surface area contributed by atoms with Crippen LogP contribution in [0.2, 0.25) is 0 Å². The Kier molecular flexibility index (Phi) is 2.91. The van der Waals surface area contributed by atoms with Gasteiger partial charge in [0.2, 0.25) is 0 Å². The summed E-state index contributed by atoms with van der Waals surface area (Å²) in [4.78, 5) is 11.5. The first-order chi connectivity index (χ1) is 7.48. The molecule has 0 bridgehead atoms. The zero-order valence-corrected chi connectivity index (χ0v) is 9.76. The van der Waals surface area contributed by atoms with E-state index in [1.807, 2.05) is 0 Å². The van der Waals surface area contributed by atoms with E-state index >= 15 is 0 Å². The third-order valence-electron chi connectivity index (χ3n) is 2.68. The molecular weight excluding hydrogens is 216 g/mol. The van der Waals surface area contributed by atoms with Gasteiger partial charge in [-0.3, -0.25) is 0 Å². The molecule has 16 heavy (non-hydrogen) atoms. The van der Waals surface area contributed by atoms with Crippen LogP contribution in [0.1, 0.15) is 13.8 Å². The van der Waals surface area contributed by atoms with Crippen molar-refractivity contribution >= 4 is 5.97 Å². The van der Waals surface area contributed by atoms with Gasteiger partial charge in [0.25, 0.3) is 0 Å². The summed E-state index contributed by atoms with van der Waals surface area (Å²) >= 11 is 0. The van der Waals surface area contributed by atoms with Crippen LogP contribution in [0, 0.1) is 0 Å². The quantitative estimate of drug-likeness (QED) is 0.627. The molecule has 2 heterocycles. The number of rotatable bonds is 2. The molecule has 6 nitrogen and oxygen atoms in total. The molecule has 2 saturated heterocycles. The molecular formula is C10H16O6. The Bertz CT molecular complexity index is 289. The molecule has 0 aromatic heterocycles. The van der Waals surface area contributed by atoms with Crippen LogP contribution in [0.5, 0.6) is 0 Å². The highest BCUT2D eigenvalue weighted by molar-refractivity contribution is 5.76. The fraction of sp³-hybridized carbons (Fsp3) is 0.900. The van der Waals surface area contributed by atoms with Crippen molar-refractivity contribution in [2.75, 3.05) is 14.2 Å². The second-order valence-electron chi connectivity index (χ2n) is 4.25. The molecule has 0 aromatic carbocycles. The van der Waals surface area contributed by atoms with Gasteiger partial charge in [-0.15, -0.1) is 0 Å². The lowest BCUT2D eigenvalue weighted by molar-refractivity contribution is -0.229. The van der Waals surface area contributed by atoms with E-state index in [4.69, 9.17) is 18.9 Å². The number of esters is 1. The fourth-order valence-electron chi connectivity index (χ4n) is 2.06. The van der Waals surface area contributed by atoms with Gasteiger partial charge in [0.15, 0.2) is 18.2 Å². The lowest BCUT2D eigenvalue weighted by atomic mass is 10.1. The molecule has 2 rings (SSSR count). The Morgan fingerprint density at radius 1 is 1.19 bits per heavy atom. The van der Waals surface area contributed by atoms with Crippen molar-refractivity contribution in [3.63, 3.8) is 0 Å². The second kappa shape index (κ2) is 3.96. The van der Waals surface area contributed by atoms with Crippen molar-refractivity contribution in [3.05, 3.63) is 0 Å². The topological polar surface area (TPSA) is 63.2 Å². The Labute approximate surface area is 93.7 Å². The van der Waals surface area contributed by atoms with Gasteiger partial charge in [0.1, 0.15) is 12.2 Å². The highest BCUT2D eigenvalue weighted by Gasteiger charge is 2.58. The molecule has 0 aromatic rings. The molecule has 2 aliphatic heterocycles. The van der Waals surface area contributed by atoms with Crippen LogP contribution in [0.3, 0.4) is 0 Å². The van der Waals surface area contributed by atoms with Crippen LogP contribution in [-0.2, 0) is 28.5 Å². The molecule has 0 aliphatic carbocycles. The summed E-state index contributed by atoms with van der Waals surface area (Å²) < 4.78 is 26.4. The molecule has 92 valence electrons. The molecule has 0 saturated carbocycles. The first-order valence-corrected chi connectivity index (χ1v) is 5.10. The van der Waals surface area contributed by atoms with E-state index < -0.39 is 36.4 Å². The van der Waals surface area contributed by atoms with E-state index in [2.05, 4.69) is 4.74 Å². The number of methoxy groups -OCH3 is 2. The van der Waals surface area contributed by atoms with Crippen molar-refractivity contribution in [1.29, 1.82) is 0 Å². The van der Waals surface area contributed by atoms with Gasteiger partial charge in [-0.05, 0) is 13.8 Å². The number of hydrogen-bond acceptors (Lipinski definition) is 6. The van der Waals surface area contributed by atoms with Crippen molar-refractivity contribution in [2.24, 2.45) is 0 Å². The van der Waals surface area contributed by atoms with E-state index in [-0.39, 0.29) is 0 Å². The maximum absolute atomic E-state index is 11.5. The fourth-order valence-corrected chi connectivity index (χ4v) is 2.06. The van der Waals surface area contributed by atoms with Gasteiger partial charge in [0, 0.05) is 7.11 Å². The smallest absolute Gasteiger partial charge is 0.337 e. The maximum Gasteiger partial charge on any atom is 0.337 e. The minimum absolute atomic E-state index is 0.399. The minimum Gasteiger partial charge on any atom is -0.467 e. The predicted octanol–water partition coefficient (Wildman–Crippen LogP) is 0.0508. The average Bonchev–Trinajstić information content (AvgIpc) is 2.69. The summed E-state index contributed by atoms with van der Waals surface area (Å²) in [6, 6.07) is 0. The zero-order chi connectivity index (χ0) is 11.9. The monoisotopic (exact) mass is 232 g/mol. The Morgan fingerprint density at radius 2 is 1.81 bits per heavy atom. The van der Waals surface area contributed by atoms with Crippen molar-refractivity contribution in [3.8, 4) is 0 Å². The lowest BCUT2D eigenvalue weighted by Gasteiger charge is -2.22. The second-order valence-corrected chi connectivity index (χ2v) is 4.25. The van der Waals surface area contributed by atoms with E-state index in [1.165, 1.54) is 14.2 Å². The van der Waals surface area contributed by atoms with Crippen molar-refractivity contribution in [2.45, 2.75) is 44.2 Å². The van der Waals surface area contributed by atoms with Crippen LogP contribution in [0.15, 0.2) is 0 Å². The maximum atomic E-state index is 11.5. The summed E-state index contributed by atoms with van der Waals surface area (Å²) in [6.07, 6.45) is -2.27. The largest absolute Gasteiger partial charge is 0.467 e. The standard InChI is InChI=1S/C10H16O6/c1-10(2)15-5-6(8(11)12-3)14-9(13-4)7(5)16-10/h5-7,9H,1-4H3. The van der Waals surface area contributed by atoms with E-state index in [1.54, 1.807) is 13.8 Å². The average molecular weight is 232 g/mol. The molecule has 4 unspecified atom stereocenters. The summed E-state index contributed by atoms with van der Waals surface area (Å²) in [7, 11) is 2.80. The predicted molar refractivity (Wildman–Crippen MR) is 51.5 cm³/mol. The van der Waals surface area contributed by atoms with Crippen LogP contribution < -0.4 is 0 Å². The van der Waals surface area contributed by atoms with E-state index in [0.717, 1.165) is 0 Å². The van der Waals surface area contributed by atoms with Gasteiger partial charge in [-0.25, -0.2) is 4.79 Å². The van der Waals surface area contributed by atoms with Crippen LogP contribution in [-0.4, -0.2) is 50.6 Å². The van der Waals surface area contributed by atoms with Gasteiger partial charge < -0.3 is 23.7 Å². The number of hydrogen-bond donors (Lipinski definition) is 0. The molecule has 0 spiro atoms. The summed E-state index contributed by atoms with van der Waals surface area (Å²) in [5.41, 5.74) is 0. The molecule has 6 heteroatoms. The molecule has 0 amide bonds. The van der Waals surface area contributed by atoms with Crippen molar-refractivity contribution < 1.29 is 28.5 Å². The molecule has 2 fully saturated rings. The van der Waals surface area contributed by atoms with Gasteiger partial charge in [-0.2, -0.15) is 0 Å². The van der Waals surface area contributed by atoms with Crippen molar-refractivity contribution in [1.82, 2.24) is 0 Å². The molecule has 2 aliphatic rings. The normalized spacial score (nSPS) is 40.8. The van der Waals surface area contributed by atoms with Crippen LogP contribution >= 0.6 is 0 Å². The molecule has 0 radical (unpaired) electrons. The number of ether oxygens (including phenoxy) is 5. The first kappa shape index (κ1) is 11.8. The Hall–Kier alpha value is -0.690. The van der Waals surface area contributed by atoms with E-state index in [9.17, 15) is 4.79 Å². The number of fused-ring (bicyclic) bond motifs is 1. The lowest BCUT2D eigenvalue weighted by Crippen LogP contribution is -2.36. The first-order valence-electron chi connectivity index (χ1n) is 5.10. The zero-order valence-electron chi connectivity index (χ0n) is 9.76. The van der Waals surface area contributed by atoms with Crippen LogP contribution in [0.4, 0.5) is 0 Å². The van der Waals surface area contributed by atoms with Gasteiger partial charge in [0.05, 0.1) is 7.11 Å². The number of carbonyl (C=O) groups is 1.